The van der Waals surface area contributed by atoms with Crippen molar-refractivity contribution in [2.24, 2.45) is 0 Å². The number of hydrogen-bond donors (Lipinski definition) is 1. The molecule has 0 radical (unpaired) electrons. The molecule has 4 heteroatoms. The van der Waals surface area contributed by atoms with Gasteiger partial charge in [-0.1, -0.05) is 12.2 Å². The van der Waals surface area contributed by atoms with E-state index >= 15 is 0 Å². The van der Waals surface area contributed by atoms with Gasteiger partial charge in [-0.15, -0.1) is 0 Å². The Labute approximate surface area is 95.2 Å². The first kappa shape index (κ1) is 12.2. The summed E-state index contributed by atoms with van der Waals surface area (Å²) in [5.41, 5.74) is 1.18. The molecule has 0 aliphatic carbocycles. The summed E-state index contributed by atoms with van der Waals surface area (Å²) in [4.78, 5) is 17.4. The van der Waals surface area contributed by atoms with Gasteiger partial charge in [-0.05, 0) is 19.9 Å². The summed E-state index contributed by atoms with van der Waals surface area (Å²) < 4.78 is 0. The van der Waals surface area contributed by atoms with E-state index in [1.165, 1.54) is 18.5 Å². The summed E-state index contributed by atoms with van der Waals surface area (Å²) in [6, 6.07) is 1.51. The number of hydrogen-bond acceptors (Lipinski definition) is 3. The van der Waals surface area contributed by atoms with Crippen LogP contribution in [0.1, 0.15) is 24.2 Å². The Morgan fingerprint density at radius 2 is 2.31 bits per heavy atom. The smallest absolute Gasteiger partial charge is 0.258 e. The monoisotopic (exact) mass is 220 g/mol. The minimum atomic E-state index is -0.203. The van der Waals surface area contributed by atoms with E-state index in [0.29, 0.717) is 13.1 Å². The third-order valence-corrected chi connectivity index (χ3v) is 2.16. The molecule has 1 aromatic rings. The molecule has 0 aromatic carbocycles. The van der Waals surface area contributed by atoms with Crippen LogP contribution in [0.4, 0.5) is 0 Å². The molecule has 4 nitrogen and oxygen atoms in total. The van der Waals surface area contributed by atoms with Crippen LogP contribution in [0.5, 0.6) is 5.75 Å². The van der Waals surface area contributed by atoms with Crippen LogP contribution in [-0.2, 0) is 0 Å². The van der Waals surface area contributed by atoms with Crippen molar-refractivity contribution in [1.29, 1.82) is 0 Å². The topological polar surface area (TPSA) is 53.4 Å². The second kappa shape index (κ2) is 5.30. The Balaban J connectivity index is 2.91. The standard InChI is InChI=1S/C12H16N2O2/c1-4-14(8-9(2)3)12(16)10-5-6-13-7-11(10)15/h5-7,15H,2,4,8H2,1,3H3. The van der Waals surface area contributed by atoms with Crippen LogP contribution in [0.15, 0.2) is 30.6 Å². The Kier molecular flexibility index (Phi) is 4.05. The average molecular weight is 220 g/mol. The number of pyridine rings is 1. The van der Waals surface area contributed by atoms with Crippen molar-refractivity contribution < 1.29 is 9.90 Å². The first-order valence-electron chi connectivity index (χ1n) is 5.13. The zero-order valence-corrected chi connectivity index (χ0v) is 9.60. The highest BCUT2D eigenvalue weighted by Crippen LogP contribution is 2.16. The highest BCUT2D eigenvalue weighted by Gasteiger charge is 2.17. The van der Waals surface area contributed by atoms with Gasteiger partial charge in [0.25, 0.3) is 5.91 Å². The molecule has 0 saturated heterocycles. The molecule has 0 atom stereocenters. The minimum absolute atomic E-state index is 0.0901. The number of nitrogens with zero attached hydrogens (tertiary/aromatic N) is 2. The molecule has 0 bridgehead atoms. The van der Waals surface area contributed by atoms with E-state index in [9.17, 15) is 9.90 Å². The second-order valence-electron chi connectivity index (χ2n) is 3.67. The summed E-state index contributed by atoms with van der Waals surface area (Å²) in [5, 5.41) is 9.53. The third kappa shape index (κ3) is 2.82. The van der Waals surface area contributed by atoms with Gasteiger partial charge in [0.1, 0.15) is 5.75 Å². The largest absolute Gasteiger partial charge is 0.505 e. The van der Waals surface area contributed by atoms with Crippen LogP contribution in [0.2, 0.25) is 0 Å². The van der Waals surface area contributed by atoms with Gasteiger partial charge < -0.3 is 10.0 Å². The normalized spacial score (nSPS) is 9.88. The minimum Gasteiger partial charge on any atom is -0.505 e. The zero-order chi connectivity index (χ0) is 12.1. The molecule has 1 aromatic heterocycles. The van der Waals surface area contributed by atoms with E-state index in [0.717, 1.165) is 5.57 Å². The molecule has 0 fully saturated rings. The summed E-state index contributed by atoms with van der Waals surface area (Å²) in [5.74, 6) is -0.293. The molecule has 0 unspecified atom stereocenters. The van der Waals surface area contributed by atoms with Gasteiger partial charge >= 0.3 is 0 Å². The fraction of sp³-hybridized carbons (Fsp3) is 0.333. The lowest BCUT2D eigenvalue weighted by Crippen LogP contribution is -2.32. The van der Waals surface area contributed by atoms with Crippen LogP contribution in [0.3, 0.4) is 0 Å². The average Bonchev–Trinajstić information content (AvgIpc) is 2.25. The fourth-order valence-corrected chi connectivity index (χ4v) is 1.39. The van der Waals surface area contributed by atoms with Crippen molar-refractivity contribution in [3.05, 3.63) is 36.2 Å². The predicted molar refractivity (Wildman–Crippen MR) is 62.3 cm³/mol. The number of amides is 1. The number of rotatable bonds is 4. The van der Waals surface area contributed by atoms with Crippen molar-refractivity contribution in [1.82, 2.24) is 9.88 Å². The highest BCUT2D eigenvalue weighted by molar-refractivity contribution is 5.96. The first-order valence-corrected chi connectivity index (χ1v) is 5.13. The van der Waals surface area contributed by atoms with Crippen molar-refractivity contribution in [2.45, 2.75) is 13.8 Å². The number of aromatic hydroxyl groups is 1. The van der Waals surface area contributed by atoms with E-state index in [4.69, 9.17) is 0 Å². The summed E-state index contributed by atoms with van der Waals surface area (Å²) in [7, 11) is 0. The molecular weight excluding hydrogens is 204 g/mol. The molecule has 1 rings (SSSR count). The van der Waals surface area contributed by atoms with Gasteiger partial charge in [0.15, 0.2) is 0 Å². The van der Waals surface area contributed by atoms with Gasteiger partial charge in [-0.3, -0.25) is 9.78 Å². The van der Waals surface area contributed by atoms with Crippen LogP contribution in [0.25, 0.3) is 0 Å². The molecular formula is C12H16N2O2. The molecule has 0 spiro atoms. The maximum Gasteiger partial charge on any atom is 0.258 e. The van der Waals surface area contributed by atoms with Crippen LogP contribution in [0, 0.1) is 0 Å². The predicted octanol–water partition coefficient (Wildman–Crippen LogP) is 1.83. The molecule has 1 amide bonds. The van der Waals surface area contributed by atoms with Crippen molar-refractivity contribution >= 4 is 5.91 Å². The van der Waals surface area contributed by atoms with Crippen LogP contribution in [-0.4, -0.2) is 34.0 Å². The number of aromatic nitrogens is 1. The van der Waals surface area contributed by atoms with Crippen LogP contribution >= 0.6 is 0 Å². The van der Waals surface area contributed by atoms with E-state index in [1.54, 1.807) is 4.90 Å². The van der Waals surface area contributed by atoms with E-state index < -0.39 is 0 Å². The maximum absolute atomic E-state index is 12.0. The molecule has 86 valence electrons. The lowest BCUT2D eigenvalue weighted by molar-refractivity contribution is 0.0775. The van der Waals surface area contributed by atoms with Gasteiger partial charge in [-0.25, -0.2) is 0 Å². The highest BCUT2D eigenvalue weighted by atomic mass is 16.3. The van der Waals surface area contributed by atoms with Crippen molar-refractivity contribution in [3.8, 4) is 5.75 Å². The van der Waals surface area contributed by atoms with Crippen LogP contribution < -0.4 is 0 Å². The molecule has 16 heavy (non-hydrogen) atoms. The second-order valence-corrected chi connectivity index (χ2v) is 3.67. The summed E-state index contributed by atoms with van der Waals surface area (Å²) in [6.07, 6.45) is 2.75. The Morgan fingerprint density at radius 3 is 2.81 bits per heavy atom. The lowest BCUT2D eigenvalue weighted by atomic mass is 10.2. The third-order valence-electron chi connectivity index (χ3n) is 2.16. The van der Waals surface area contributed by atoms with Gasteiger partial charge in [-0.2, -0.15) is 0 Å². The summed E-state index contributed by atoms with van der Waals surface area (Å²) in [6.45, 7) is 8.60. The SMILES string of the molecule is C=C(C)CN(CC)C(=O)c1ccncc1O. The number of likely N-dealkylation sites (N-methyl/N-ethyl adjacent to an activating group) is 1. The molecule has 1 N–H and O–H groups in total. The van der Waals surface area contributed by atoms with E-state index in [-0.39, 0.29) is 17.2 Å². The van der Waals surface area contributed by atoms with Gasteiger partial charge in [0.05, 0.1) is 11.8 Å². The zero-order valence-electron chi connectivity index (χ0n) is 9.60. The number of carbonyl (C=O) groups excluding carboxylic acids is 1. The quantitative estimate of drug-likeness (QED) is 0.787. The van der Waals surface area contributed by atoms with Gasteiger partial charge in [0, 0.05) is 19.3 Å². The Hall–Kier alpha value is -1.84. The van der Waals surface area contributed by atoms with Gasteiger partial charge in [0.2, 0.25) is 0 Å². The Morgan fingerprint density at radius 1 is 1.62 bits per heavy atom. The maximum atomic E-state index is 12.0. The molecule has 0 saturated carbocycles. The number of carbonyl (C=O) groups is 1. The van der Waals surface area contributed by atoms with Crippen molar-refractivity contribution in [2.75, 3.05) is 13.1 Å². The van der Waals surface area contributed by atoms with E-state index in [1.807, 2.05) is 13.8 Å². The fourth-order valence-electron chi connectivity index (χ4n) is 1.39. The summed E-state index contributed by atoms with van der Waals surface area (Å²) >= 11 is 0. The molecule has 1 heterocycles. The Bertz CT molecular complexity index is 402. The lowest BCUT2D eigenvalue weighted by Gasteiger charge is -2.21. The molecule has 0 aliphatic rings. The van der Waals surface area contributed by atoms with Crippen molar-refractivity contribution in [3.63, 3.8) is 0 Å². The first-order chi connectivity index (χ1) is 7.56. The van der Waals surface area contributed by atoms with E-state index in [2.05, 4.69) is 11.6 Å². The molecule has 0 aliphatic heterocycles.